The number of phenols is 1. The molecule has 9 nitrogen and oxygen atoms in total. The van der Waals surface area contributed by atoms with Gasteiger partial charge in [0.15, 0.2) is 11.6 Å². The van der Waals surface area contributed by atoms with Gasteiger partial charge in [0.25, 0.3) is 0 Å². The van der Waals surface area contributed by atoms with Crippen molar-refractivity contribution < 1.29 is 33.9 Å². The smallest absolute Gasteiger partial charge is 0.238 e. The molecule has 5 aromatic rings. The Morgan fingerprint density at radius 1 is 0.509 bits per heavy atom. The van der Waals surface area contributed by atoms with Crippen LogP contribution in [0.5, 0.6) is 5.75 Å². The van der Waals surface area contributed by atoms with Crippen molar-refractivity contribution in [1.82, 2.24) is 0 Å². The van der Waals surface area contributed by atoms with Gasteiger partial charge in [-0.05, 0) is 85.0 Å². The number of nitrogens with zero attached hydrogens (tertiary/aromatic N) is 2. The van der Waals surface area contributed by atoms with Crippen LogP contribution in [0.1, 0.15) is 56.2 Å². The summed E-state index contributed by atoms with van der Waals surface area (Å²) in [6, 6.07) is 37.2. The van der Waals surface area contributed by atoms with E-state index in [0.717, 1.165) is 5.57 Å². The highest BCUT2D eigenvalue weighted by Crippen LogP contribution is 2.58. The number of anilines is 2. The summed E-state index contributed by atoms with van der Waals surface area (Å²) in [7, 11) is 0. The zero-order valence-corrected chi connectivity index (χ0v) is 29.4. The molecule has 9 heteroatoms. The molecule has 55 heavy (non-hydrogen) atoms. The molecule has 3 fully saturated rings. The topological polar surface area (TPSA) is 129 Å². The first-order valence-corrected chi connectivity index (χ1v) is 18.4. The molecular formula is C46H34N2O7. The fourth-order valence-corrected chi connectivity index (χ4v) is 9.23. The van der Waals surface area contributed by atoms with Crippen LogP contribution in [0.25, 0.3) is 0 Å². The second-order valence-corrected chi connectivity index (χ2v) is 14.6. The van der Waals surface area contributed by atoms with E-state index in [4.69, 9.17) is 0 Å². The summed E-state index contributed by atoms with van der Waals surface area (Å²) < 4.78 is 0. The number of ketones is 2. The van der Waals surface area contributed by atoms with Gasteiger partial charge in [-0.2, -0.15) is 0 Å². The number of benzene rings is 5. The third-order valence-electron chi connectivity index (χ3n) is 11.7. The molecule has 1 saturated carbocycles. The van der Waals surface area contributed by atoms with Gasteiger partial charge in [0.2, 0.25) is 23.6 Å². The van der Waals surface area contributed by atoms with Crippen LogP contribution >= 0.6 is 0 Å². The summed E-state index contributed by atoms with van der Waals surface area (Å²) in [6.45, 7) is 0. The first-order chi connectivity index (χ1) is 26.7. The molecule has 5 aromatic carbocycles. The van der Waals surface area contributed by atoms with Crippen LogP contribution in [0, 0.1) is 29.6 Å². The number of phenolic OH excluding ortho intramolecular Hbond substituents is 1. The molecule has 6 atom stereocenters. The number of imide groups is 2. The van der Waals surface area contributed by atoms with E-state index in [1.165, 1.54) is 15.9 Å². The van der Waals surface area contributed by atoms with Crippen LogP contribution in [0.15, 0.2) is 145 Å². The number of fused-ring (bicyclic) bond motifs is 4. The first-order valence-electron chi connectivity index (χ1n) is 18.4. The Bertz CT molecular complexity index is 2440. The van der Waals surface area contributed by atoms with E-state index in [9.17, 15) is 33.9 Å². The molecule has 0 aromatic heterocycles. The quantitative estimate of drug-likeness (QED) is 0.110. The number of allylic oxidation sites excluding steroid dienone is 2. The minimum absolute atomic E-state index is 0.00486. The normalized spacial score (nSPS) is 24.3. The third kappa shape index (κ3) is 5.53. The molecule has 4 aliphatic rings. The number of carbonyl (C=O) groups is 6. The van der Waals surface area contributed by atoms with E-state index in [-0.39, 0.29) is 42.0 Å². The molecule has 0 radical (unpaired) electrons. The summed E-state index contributed by atoms with van der Waals surface area (Å²) in [4.78, 5) is 85.9. The lowest BCUT2D eigenvalue weighted by molar-refractivity contribution is -0.126. The lowest BCUT2D eigenvalue weighted by atomic mass is 9.57. The van der Waals surface area contributed by atoms with Crippen molar-refractivity contribution in [2.24, 2.45) is 29.6 Å². The van der Waals surface area contributed by atoms with E-state index < -0.39 is 47.3 Å². The number of hydrogen-bond acceptors (Lipinski definition) is 7. The highest BCUT2D eigenvalue weighted by atomic mass is 16.3. The molecule has 0 spiro atoms. The number of amides is 4. The fraction of sp³-hybridized carbons (Fsp3) is 0.174. The average molecular weight is 727 g/mol. The van der Waals surface area contributed by atoms with Gasteiger partial charge in [0, 0.05) is 28.2 Å². The highest BCUT2D eigenvalue weighted by molar-refractivity contribution is 6.24. The van der Waals surface area contributed by atoms with Crippen LogP contribution in [-0.2, 0) is 19.2 Å². The van der Waals surface area contributed by atoms with Crippen LogP contribution in [0.4, 0.5) is 11.4 Å². The number of aromatic hydroxyl groups is 1. The van der Waals surface area contributed by atoms with E-state index in [1.807, 2.05) is 24.3 Å². The van der Waals surface area contributed by atoms with Crippen LogP contribution in [0.3, 0.4) is 0 Å². The van der Waals surface area contributed by atoms with E-state index in [1.54, 1.807) is 109 Å². The van der Waals surface area contributed by atoms with Crippen molar-refractivity contribution in [2.75, 3.05) is 9.80 Å². The van der Waals surface area contributed by atoms with Gasteiger partial charge < -0.3 is 5.11 Å². The molecule has 270 valence electrons. The summed E-state index contributed by atoms with van der Waals surface area (Å²) in [5.74, 6) is -6.06. The van der Waals surface area contributed by atoms with Gasteiger partial charge in [-0.3, -0.25) is 38.6 Å². The summed E-state index contributed by atoms with van der Waals surface area (Å²) in [5, 5.41) is 10.6. The summed E-state index contributed by atoms with van der Waals surface area (Å²) in [5.41, 5.74) is 4.04. The maximum Gasteiger partial charge on any atom is 0.238 e. The molecule has 9 rings (SSSR count). The predicted molar refractivity (Wildman–Crippen MR) is 203 cm³/mol. The van der Waals surface area contributed by atoms with Crippen molar-refractivity contribution in [3.05, 3.63) is 173 Å². The highest BCUT2D eigenvalue weighted by Gasteiger charge is 2.62. The van der Waals surface area contributed by atoms with E-state index >= 15 is 0 Å². The SMILES string of the molecule is O=C(c1ccccc1)c1ccc(N2C(=O)[C@H]3[C@H](CC=C4[C@H]3C[C@H]3C(=O)N(c5ccc(C(=O)c6ccccc6)cc5)C(=O)[C@H]3[C@H]4c3cccc(O)c3)C2=O)cc1. The molecule has 2 aliphatic carbocycles. The Labute approximate surface area is 316 Å². The Balaban J connectivity index is 1.04. The van der Waals surface area contributed by atoms with Crippen LogP contribution < -0.4 is 9.80 Å². The fourth-order valence-electron chi connectivity index (χ4n) is 9.23. The molecular weight excluding hydrogens is 693 g/mol. The maximum absolute atomic E-state index is 14.5. The standard InChI is InChI=1S/C46H34N2O7/c49-33-13-7-12-30(24-33)38-34-22-23-35-39(45(54)47(43(35)52)31-18-14-28(15-19-31)41(50)26-8-3-1-4-9-26)36(34)25-37-40(38)46(55)48(44(37)53)32-20-16-29(17-21-32)42(51)27-10-5-2-6-11-27/h1-22,24,35-40,49H,23,25H2/t35-,36+,37+,38-,39-,40+/m0/s1. The zero-order valence-electron chi connectivity index (χ0n) is 29.4. The number of hydrogen-bond donors (Lipinski definition) is 1. The molecule has 2 saturated heterocycles. The van der Waals surface area contributed by atoms with Gasteiger partial charge in [0.1, 0.15) is 5.75 Å². The van der Waals surface area contributed by atoms with Gasteiger partial charge in [-0.15, -0.1) is 0 Å². The van der Waals surface area contributed by atoms with Crippen molar-refractivity contribution >= 4 is 46.6 Å². The molecule has 4 amide bonds. The molecule has 2 heterocycles. The molecule has 2 aliphatic heterocycles. The second kappa shape index (κ2) is 13.3. The Kier molecular flexibility index (Phi) is 8.22. The minimum atomic E-state index is -0.808. The Morgan fingerprint density at radius 3 is 1.53 bits per heavy atom. The molecule has 0 unspecified atom stereocenters. The van der Waals surface area contributed by atoms with Crippen molar-refractivity contribution in [3.8, 4) is 5.75 Å². The summed E-state index contributed by atoms with van der Waals surface area (Å²) >= 11 is 0. The molecule has 0 bridgehead atoms. The lowest BCUT2D eigenvalue weighted by Gasteiger charge is -2.44. The van der Waals surface area contributed by atoms with Crippen molar-refractivity contribution in [2.45, 2.75) is 18.8 Å². The van der Waals surface area contributed by atoms with Gasteiger partial charge >= 0.3 is 0 Å². The van der Waals surface area contributed by atoms with Crippen molar-refractivity contribution in [3.63, 3.8) is 0 Å². The third-order valence-corrected chi connectivity index (χ3v) is 11.7. The van der Waals surface area contributed by atoms with E-state index in [0.29, 0.717) is 39.2 Å². The average Bonchev–Trinajstić information content (AvgIpc) is 3.63. The lowest BCUT2D eigenvalue weighted by Crippen LogP contribution is -2.43. The van der Waals surface area contributed by atoms with E-state index in [2.05, 4.69) is 0 Å². The molecule has 1 N–H and O–H groups in total. The minimum Gasteiger partial charge on any atom is -0.508 e. The monoisotopic (exact) mass is 726 g/mol. The number of carbonyl (C=O) groups excluding carboxylic acids is 6. The predicted octanol–water partition coefficient (Wildman–Crippen LogP) is 6.90. The zero-order chi connectivity index (χ0) is 38.0. The Hall–Kier alpha value is -6.74. The maximum atomic E-state index is 14.5. The largest absolute Gasteiger partial charge is 0.508 e. The summed E-state index contributed by atoms with van der Waals surface area (Å²) in [6.07, 6.45) is 2.42. The van der Waals surface area contributed by atoms with Crippen molar-refractivity contribution in [1.29, 1.82) is 0 Å². The number of rotatable bonds is 7. The van der Waals surface area contributed by atoms with Gasteiger partial charge in [-0.1, -0.05) is 84.4 Å². The van der Waals surface area contributed by atoms with Crippen LogP contribution in [-0.4, -0.2) is 40.3 Å². The van der Waals surface area contributed by atoms with Crippen LogP contribution in [0.2, 0.25) is 0 Å². The van der Waals surface area contributed by atoms with Gasteiger partial charge in [0.05, 0.1) is 35.0 Å². The Morgan fingerprint density at radius 2 is 1.00 bits per heavy atom. The second-order valence-electron chi connectivity index (χ2n) is 14.6. The van der Waals surface area contributed by atoms with Gasteiger partial charge in [-0.25, -0.2) is 0 Å². The first kappa shape index (κ1) is 34.1.